The number of carbonyl (C=O) groups excluding carboxylic acids is 1. The number of aryl methyl sites for hydroxylation is 3. The van der Waals surface area contributed by atoms with E-state index in [0.717, 1.165) is 29.1 Å². The molecule has 0 aliphatic carbocycles. The molecule has 138 valence electrons. The summed E-state index contributed by atoms with van der Waals surface area (Å²) < 4.78 is 0. The van der Waals surface area contributed by atoms with Gasteiger partial charge in [-0.15, -0.1) is 0 Å². The lowest BCUT2D eigenvalue weighted by Gasteiger charge is -2.14. The molecule has 4 nitrogen and oxygen atoms in total. The van der Waals surface area contributed by atoms with Crippen LogP contribution < -0.4 is 10.6 Å². The van der Waals surface area contributed by atoms with E-state index in [1.54, 1.807) is 6.20 Å². The lowest BCUT2D eigenvalue weighted by atomic mass is 10.1. The minimum absolute atomic E-state index is 0.0460. The molecule has 0 bridgehead atoms. The van der Waals surface area contributed by atoms with Crippen molar-refractivity contribution in [1.29, 1.82) is 0 Å². The first-order chi connectivity index (χ1) is 13.0. The van der Waals surface area contributed by atoms with E-state index in [-0.39, 0.29) is 5.91 Å². The van der Waals surface area contributed by atoms with E-state index in [0.29, 0.717) is 12.1 Å². The van der Waals surface area contributed by atoms with Crippen molar-refractivity contribution in [2.45, 2.75) is 33.6 Å². The van der Waals surface area contributed by atoms with Gasteiger partial charge in [-0.25, -0.2) is 4.98 Å². The SMILES string of the molecule is CCc1cccc(C)c1Nc1ccc(NC(=O)Cc2cccc(C)c2)cn1. The Hall–Kier alpha value is -3.14. The number of pyridine rings is 1. The fourth-order valence-corrected chi connectivity index (χ4v) is 3.08. The number of benzene rings is 2. The van der Waals surface area contributed by atoms with Crippen molar-refractivity contribution in [2.75, 3.05) is 10.6 Å². The Kier molecular flexibility index (Phi) is 5.87. The van der Waals surface area contributed by atoms with Gasteiger partial charge in [0.05, 0.1) is 18.3 Å². The molecule has 3 rings (SSSR count). The zero-order valence-electron chi connectivity index (χ0n) is 16.0. The van der Waals surface area contributed by atoms with Gasteiger partial charge >= 0.3 is 0 Å². The maximum Gasteiger partial charge on any atom is 0.228 e. The summed E-state index contributed by atoms with van der Waals surface area (Å²) >= 11 is 0. The Morgan fingerprint density at radius 3 is 2.56 bits per heavy atom. The maximum absolute atomic E-state index is 12.2. The normalized spacial score (nSPS) is 10.5. The van der Waals surface area contributed by atoms with Crippen LogP contribution in [0.1, 0.15) is 29.2 Å². The summed E-state index contributed by atoms with van der Waals surface area (Å²) in [5.74, 6) is 0.714. The smallest absolute Gasteiger partial charge is 0.228 e. The number of amides is 1. The predicted molar refractivity (Wildman–Crippen MR) is 112 cm³/mol. The van der Waals surface area contributed by atoms with Gasteiger partial charge in [0.1, 0.15) is 5.82 Å². The highest BCUT2D eigenvalue weighted by Crippen LogP contribution is 2.25. The Labute approximate surface area is 160 Å². The number of rotatable bonds is 6. The van der Waals surface area contributed by atoms with E-state index >= 15 is 0 Å². The molecule has 4 heteroatoms. The molecule has 0 aliphatic heterocycles. The van der Waals surface area contributed by atoms with E-state index in [4.69, 9.17) is 0 Å². The summed E-state index contributed by atoms with van der Waals surface area (Å²) in [5, 5.41) is 6.30. The molecule has 0 spiro atoms. The van der Waals surface area contributed by atoms with E-state index in [2.05, 4.69) is 47.7 Å². The number of nitrogens with zero attached hydrogens (tertiary/aromatic N) is 1. The molecule has 1 aromatic heterocycles. The molecule has 0 unspecified atom stereocenters. The van der Waals surface area contributed by atoms with E-state index < -0.39 is 0 Å². The minimum Gasteiger partial charge on any atom is -0.340 e. The van der Waals surface area contributed by atoms with Gasteiger partial charge < -0.3 is 10.6 Å². The molecule has 0 saturated heterocycles. The third-order valence-electron chi connectivity index (χ3n) is 4.49. The standard InChI is InChI=1S/C23H25N3O/c1-4-19-10-6-8-17(3)23(19)26-21-12-11-20(15-24-21)25-22(27)14-18-9-5-7-16(2)13-18/h5-13,15H,4,14H2,1-3H3,(H,24,26)(H,25,27). The zero-order valence-corrected chi connectivity index (χ0v) is 16.0. The lowest BCUT2D eigenvalue weighted by Crippen LogP contribution is -2.14. The van der Waals surface area contributed by atoms with Crippen molar-refractivity contribution < 1.29 is 4.79 Å². The summed E-state index contributed by atoms with van der Waals surface area (Å²) in [6, 6.07) is 18.0. The number of hydrogen-bond acceptors (Lipinski definition) is 3. The van der Waals surface area contributed by atoms with Crippen LogP contribution in [-0.2, 0) is 17.6 Å². The molecule has 27 heavy (non-hydrogen) atoms. The molecule has 1 heterocycles. The number of aromatic nitrogens is 1. The van der Waals surface area contributed by atoms with Gasteiger partial charge in [-0.05, 0) is 49.1 Å². The molecule has 0 radical (unpaired) electrons. The monoisotopic (exact) mass is 359 g/mol. The van der Waals surface area contributed by atoms with Gasteiger partial charge in [-0.3, -0.25) is 4.79 Å². The quantitative estimate of drug-likeness (QED) is 0.637. The van der Waals surface area contributed by atoms with Crippen molar-refractivity contribution in [3.63, 3.8) is 0 Å². The molecule has 1 amide bonds. The second-order valence-corrected chi connectivity index (χ2v) is 6.73. The first kappa shape index (κ1) is 18.6. The van der Waals surface area contributed by atoms with Gasteiger partial charge in [0.25, 0.3) is 0 Å². The Morgan fingerprint density at radius 1 is 1.04 bits per heavy atom. The van der Waals surface area contributed by atoms with Crippen LogP contribution in [0, 0.1) is 13.8 Å². The summed E-state index contributed by atoms with van der Waals surface area (Å²) in [5.41, 5.74) is 6.40. The van der Waals surface area contributed by atoms with Crippen molar-refractivity contribution >= 4 is 23.1 Å². The van der Waals surface area contributed by atoms with Gasteiger partial charge in [-0.1, -0.05) is 55.0 Å². The van der Waals surface area contributed by atoms with Crippen LogP contribution in [0.4, 0.5) is 17.2 Å². The molecule has 3 aromatic rings. The first-order valence-corrected chi connectivity index (χ1v) is 9.22. The average molecular weight is 359 g/mol. The third kappa shape index (κ3) is 4.94. The molecular weight excluding hydrogens is 334 g/mol. The van der Waals surface area contributed by atoms with Crippen LogP contribution >= 0.6 is 0 Å². The second-order valence-electron chi connectivity index (χ2n) is 6.73. The van der Waals surface area contributed by atoms with Crippen molar-refractivity contribution in [2.24, 2.45) is 0 Å². The van der Waals surface area contributed by atoms with E-state index in [9.17, 15) is 4.79 Å². The topological polar surface area (TPSA) is 54.0 Å². The van der Waals surface area contributed by atoms with Gasteiger partial charge in [0, 0.05) is 5.69 Å². The Morgan fingerprint density at radius 2 is 1.85 bits per heavy atom. The van der Waals surface area contributed by atoms with Crippen LogP contribution in [0.15, 0.2) is 60.8 Å². The van der Waals surface area contributed by atoms with Crippen molar-refractivity contribution in [3.8, 4) is 0 Å². The fourth-order valence-electron chi connectivity index (χ4n) is 3.08. The summed E-state index contributed by atoms with van der Waals surface area (Å²) in [4.78, 5) is 16.7. The van der Waals surface area contributed by atoms with Crippen molar-refractivity contribution in [1.82, 2.24) is 4.98 Å². The molecular formula is C23H25N3O. The molecule has 2 aromatic carbocycles. The third-order valence-corrected chi connectivity index (χ3v) is 4.49. The number of nitrogens with one attached hydrogen (secondary N) is 2. The number of anilines is 3. The van der Waals surface area contributed by atoms with Crippen LogP contribution in [0.25, 0.3) is 0 Å². The van der Waals surface area contributed by atoms with E-state index in [1.165, 1.54) is 11.1 Å². The van der Waals surface area contributed by atoms with Gasteiger partial charge in [0.2, 0.25) is 5.91 Å². The van der Waals surface area contributed by atoms with E-state index in [1.807, 2.05) is 43.3 Å². The number of carbonyl (C=O) groups is 1. The lowest BCUT2D eigenvalue weighted by molar-refractivity contribution is -0.115. The minimum atomic E-state index is -0.0460. The molecule has 0 fully saturated rings. The summed E-state index contributed by atoms with van der Waals surface area (Å²) in [7, 11) is 0. The Balaban J connectivity index is 1.64. The highest BCUT2D eigenvalue weighted by molar-refractivity contribution is 5.92. The largest absolute Gasteiger partial charge is 0.340 e. The second kappa shape index (κ2) is 8.49. The number of para-hydroxylation sites is 1. The van der Waals surface area contributed by atoms with Crippen LogP contribution in [-0.4, -0.2) is 10.9 Å². The number of hydrogen-bond donors (Lipinski definition) is 2. The molecule has 0 saturated carbocycles. The molecule has 0 aliphatic rings. The Bertz CT molecular complexity index is 933. The summed E-state index contributed by atoms with van der Waals surface area (Å²) in [6.45, 7) is 6.25. The maximum atomic E-state index is 12.2. The summed E-state index contributed by atoms with van der Waals surface area (Å²) in [6.07, 6.45) is 2.99. The van der Waals surface area contributed by atoms with Crippen LogP contribution in [0.5, 0.6) is 0 Å². The van der Waals surface area contributed by atoms with Crippen LogP contribution in [0.2, 0.25) is 0 Å². The molecule has 2 N–H and O–H groups in total. The van der Waals surface area contributed by atoms with Crippen molar-refractivity contribution in [3.05, 3.63) is 83.0 Å². The van der Waals surface area contributed by atoms with Gasteiger partial charge in [0.15, 0.2) is 0 Å². The highest BCUT2D eigenvalue weighted by Gasteiger charge is 2.07. The molecule has 0 atom stereocenters. The zero-order chi connectivity index (χ0) is 19.2. The highest BCUT2D eigenvalue weighted by atomic mass is 16.1. The van der Waals surface area contributed by atoms with Gasteiger partial charge in [-0.2, -0.15) is 0 Å². The first-order valence-electron chi connectivity index (χ1n) is 9.22. The predicted octanol–water partition coefficient (Wildman–Crippen LogP) is 5.19. The average Bonchev–Trinajstić information content (AvgIpc) is 2.65. The van der Waals surface area contributed by atoms with Crippen LogP contribution in [0.3, 0.4) is 0 Å². The fraction of sp³-hybridized carbons (Fsp3) is 0.217.